The second-order valence-corrected chi connectivity index (χ2v) is 8.21. The molecule has 0 radical (unpaired) electrons. The van der Waals surface area contributed by atoms with Crippen molar-refractivity contribution in [3.8, 4) is 39.7 Å². The first-order valence-corrected chi connectivity index (χ1v) is 11.2. The van der Waals surface area contributed by atoms with Gasteiger partial charge in [0.2, 0.25) is 5.89 Å². The van der Waals surface area contributed by atoms with E-state index in [1.54, 1.807) is 19.2 Å². The number of aryl methyl sites for hydroxylation is 1. The summed E-state index contributed by atoms with van der Waals surface area (Å²) >= 11 is 0. The van der Waals surface area contributed by atoms with Crippen molar-refractivity contribution >= 4 is 5.69 Å². The molecular formula is C26H20F3N5O3. The Hall–Kier alpha value is -4.67. The molecule has 0 aliphatic carbocycles. The quantitative estimate of drug-likeness (QED) is 0.302. The van der Waals surface area contributed by atoms with Crippen LogP contribution >= 0.6 is 0 Å². The third kappa shape index (κ3) is 4.75. The summed E-state index contributed by atoms with van der Waals surface area (Å²) in [6.45, 7) is 4.02. The Morgan fingerprint density at radius 1 is 1.03 bits per heavy atom. The maximum atomic E-state index is 14.1. The van der Waals surface area contributed by atoms with Crippen molar-refractivity contribution in [3.05, 3.63) is 89.0 Å². The molecule has 0 aliphatic rings. The number of hydrogen-bond acceptors (Lipinski definition) is 7. The number of anilines is 1. The van der Waals surface area contributed by atoms with Gasteiger partial charge in [0, 0.05) is 23.2 Å². The van der Waals surface area contributed by atoms with Gasteiger partial charge in [0.1, 0.15) is 12.0 Å². The standard InChI is InChI=1S/C26H20F3N5O3/c1-3-31-21-12-20(17-8-15(2)9-18(10-17)23-13-30-14-37-23)33-34(25(21)35)22-11-16(24-32-6-7-36-24)4-5-19(22)26(27,28)29/h4-14,31H,3H2,1-2H3. The van der Waals surface area contributed by atoms with Crippen molar-refractivity contribution in [1.82, 2.24) is 19.7 Å². The van der Waals surface area contributed by atoms with E-state index in [9.17, 15) is 18.0 Å². The van der Waals surface area contributed by atoms with Crippen molar-refractivity contribution in [3.63, 3.8) is 0 Å². The lowest BCUT2D eigenvalue weighted by Crippen LogP contribution is -2.27. The fraction of sp³-hybridized carbons (Fsp3) is 0.154. The SMILES string of the molecule is CCNc1cc(-c2cc(C)cc(-c3cnco3)c2)nn(-c2cc(-c3ncco3)ccc2C(F)(F)F)c1=O. The summed E-state index contributed by atoms with van der Waals surface area (Å²) in [6, 6.07) is 10.3. The molecule has 2 aromatic carbocycles. The topological polar surface area (TPSA) is 99.0 Å². The van der Waals surface area contributed by atoms with Crippen molar-refractivity contribution < 1.29 is 22.0 Å². The predicted molar refractivity (Wildman–Crippen MR) is 130 cm³/mol. The third-order valence-corrected chi connectivity index (χ3v) is 5.58. The Morgan fingerprint density at radius 3 is 2.51 bits per heavy atom. The molecule has 37 heavy (non-hydrogen) atoms. The molecule has 0 amide bonds. The van der Waals surface area contributed by atoms with Crippen LogP contribution in [0.5, 0.6) is 0 Å². The number of halogens is 3. The molecule has 3 aromatic heterocycles. The van der Waals surface area contributed by atoms with Gasteiger partial charge >= 0.3 is 6.18 Å². The van der Waals surface area contributed by atoms with Gasteiger partial charge in [-0.1, -0.05) is 0 Å². The van der Waals surface area contributed by atoms with E-state index >= 15 is 0 Å². The molecule has 5 aromatic rings. The molecular weight excluding hydrogens is 487 g/mol. The van der Waals surface area contributed by atoms with E-state index in [0.717, 1.165) is 16.3 Å². The predicted octanol–water partition coefficient (Wildman–Crippen LogP) is 5.97. The van der Waals surface area contributed by atoms with Crippen molar-refractivity contribution in [2.45, 2.75) is 20.0 Å². The van der Waals surface area contributed by atoms with E-state index in [1.807, 2.05) is 19.1 Å². The molecule has 0 bridgehead atoms. The second kappa shape index (κ2) is 9.41. The molecule has 0 spiro atoms. The number of oxazole rings is 2. The molecule has 188 valence electrons. The average Bonchev–Trinajstić information content (AvgIpc) is 3.59. The average molecular weight is 507 g/mol. The summed E-state index contributed by atoms with van der Waals surface area (Å²) < 4.78 is 53.6. The van der Waals surface area contributed by atoms with Crippen molar-refractivity contribution in [2.24, 2.45) is 0 Å². The lowest BCUT2D eigenvalue weighted by molar-refractivity contribution is -0.137. The van der Waals surface area contributed by atoms with E-state index in [0.29, 0.717) is 23.4 Å². The van der Waals surface area contributed by atoms with Crippen LogP contribution in [-0.2, 0) is 6.18 Å². The Balaban J connectivity index is 1.76. The van der Waals surface area contributed by atoms with Crippen LogP contribution in [-0.4, -0.2) is 26.3 Å². The smallest absolute Gasteiger partial charge is 0.418 e. The molecule has 11 heteroatoms. The number of hydrogen-bond donors (Lipinski definition) is 1. The zero-order valence-electron chi connectivity index (χ0n) is 19.7. The number of rotatable bonds is 6. The second-order valence-electron chi connectivity index (χ2n) is 8.21. The molecule has 0 saturated heterocycles. The van der Waals surface area contributed by atoms with Crippen LogP contribution in [0.2, 0.25) is 0 Å². The van der Waals surface area contributed by atoms with Crippen molar-refractivity contribution in [1.29, 1.82) is 0 Å². The van der Waals surface area contributed by atoms with Gasteiger partial charge in [-0.2, -0.15) is 23.0 Å². The van der Waals surface area contributed by atoms with Crippen LogP contribution in [0.4, 0.5) is 18.9 Å². The number of nitrogens with one attached hydrogen (secondary N) is 1. The minimum Gasteiger partial charge on any atom is -0.445 e. The summed E-state index contributed by atoms with van der Waals surface area (Å²) in [5, 5.41) is 7.32. The van der Waals surface area contributed by atoms with Gasteiger partial charge < -0.3 is 14.2 Å². The lowest BCUT2D eigenvalue weighted by atomic mass is 10.0. The van der Waals surface area contributed by atoms with Gasteiger partial charge in [0.25, 0.3) is 5.56 Å². The van der Waals surface area contributed by atoms with Crippen molar-refractivity contribution in [2.75, 3.05) is 11.9 Å². The van der Waals surface area contributed by atoms with Gasteiger partial charge in [-0.05, 0) is 61.9 Å². The molecule has 0 fully saturated rings. The highest BCUT2D eigenvalue weighted by Crippen LogP contribution is 2.36. The summed E-state index contributed by atoms with van der Waals surface area (Å²) in [5.41, 5.74) is 0.593. The zero-order chi connectivity index (χ0) is 26.2. The first kappa shape index (κ1) is 24.0. The van der Waals surface area contributed by atoms with Crippen LogP contribution in [0.3, 0.4) is 0 Å². The van der Waals surface area contributed by atoms with Crippen LogP contribution < -0.4 is 10.9 Å². The first-order chi connectivity index (χ1) is 17.7. The third-order valence-electron chi connectivity index (χ3n) is 5.58. The van der Waals surface area contributed by atoms with Gasteiger partial charge in [0.15, 0.2) is 12.2 Å². The Labute approximate surface area is 208 Å². The molecule has 0 atom stereocenters. The van der Waals surface area contributed by atoms with Crippen LogP contribution in [0.15, 0.2) is 81.1 Å². The van der Waals surface area contributed by atoms with E-state index in [-0.39, 0.29) is 22.8 Å². The van der Waals surface area contributed by atoms with E-state index in [1.165, 1.54) is 37.1 Å². The van der Waals surface area contributed by atoms with Crippen LogP contribution in [0.25, 0.3) is 39.7 Å². The van der Waals surface area contributed by atoms with E-state index in [4.69, 9.17) is 8.83 Å². The molecule has 0 aliphatic heterocycles. The number of alkyl halides is 3. The lowest BCUT2D eigenvalue weighted by Gasteiger charge is -2.17. The number of benzene rings is 2. The summed E-state index contributed by atoms with van der Waals surface area (Å²) in [7, 11) is 0. The highest BCUT2D eigenvalue weighted by Gasteiger charge is 2.35. The molecule has 1 N–H and O–H groups in total. The van der Waals surface area contributed by atoms with E-state index < -0.39 is 23.0 Å². The summed E-state index contributed by atoms with van der Waals surface area (Å²) in [5.74, 6) is 0.629. The fourth-order valence-corrected chi connectivity index (χ4v) is 3.99. The zero-order valence-corrected chi connectivity index (χ0v) is 19.7. The Kier molecular flexibility index (Phi) is 6.12. The normalized spacial score (nSPS) is 11.6. The van der Waals surface area contributed by atoms with Gasteiger partial charge in [-0.3, -0.25) is 4.79 Å². The number of nitrogens with zero attached hydrogens (tertiary/aromatic N) is 4. The Morgan fingerprint density at radius 2 is 1.84 bits per heavy atom. The minimum atomic E-state index is -4.75. The highest BCUT2D eigenvalue weighted by molar-refractivity contribution is 5.72. The number of aromatic nitrogens is 4. The maximum absolute atomic E-state index is 14.1. The summed E-state index contributed by atoms with van der Waals surface area (Å²) in [6.07, 6.45) is 0.803. The maximum Gasteiger partial charge on any atom is 0.418 e. The van der Waals surface area contributed by atoms with Crippen LogP contribution in [0.1, 0.15) is 18.1 Å². The monoisotopic (exact) mass is 507 g/mol. The van der Waals surface area contributed by atoms with Gasteiger partial charge in [0.05, 0.1) is 29.3 Å². The Bertz CT molecular complexity index is 1610. The molecule has 8 nitrogen and oxygen atoms in total. The van der Waals surface area contributed by atoms with Crippen LogP contribution in [0, 0.1) is 6.92 Å². The fourth-order valence-electron chi connectivity index (χ4n) is 3.99. The molecule has 3 heterocycles. The first-order valence-electron chi connectivity index (χ1n) is 11.2. The van der Waals surface area contributed by atoms with Gasteiger partial charge in [-0.25, -0.2) is 9.97 Å². The summed E-state index contributed by atoms with van der Waals surface area (Å²) in [4.78, 5) is 21.3. The molecule has 5 rings (SSSR count). The molecule has 0 unspecified atom stereocenters. The van der Waals surface area contributed by atoms with Gasteiger partial charge in [-0.15, -0.1) is 0 Å². The van der Waals surface area contributed by atoms with E-state index in [2.05, 4.69) is 20.4 Å². The highest BCUT2D eigenvalue weighted by atomic mass is 19.4. The molecule has 0 saturated carbocycles. The minimum absolute atomic E-state index is 0.102. The largest absolute Gasteiger partial charge is 0.445 e.